The van der Waals surface area contributed by atoms with Crippen molar-refractivity contribution in [1.29, 1.82) is 0 Å². The van der Waals surface area contributed by atoms with E-state index in [2.05, 4.69) is 24.4 Å². The van der Waals surface area contributed by atoms with E-state index < -0.39 is 6.04 Å². The normalized spacial score (nSPS) is 14.6. The molecule has 0 saturated heterocycles. The lowest BCUT2D eigenvalue weighted by Crippen LogP contribution is -2.53. The number of carbonyl (C=O) groups excluding carboxylic acids is 2. The molecule has 1 saturated carbocycles. The minimum atomic E-state index is -0.607. The molecule has 0 unspecified atom stereocenters. The molecule has 1 aliphatic carbocycles. The highest BCUT2D eigenvalue weighted by atomic mass is 35.5. The van der Waals surface area contributed by atoms with E-state index in [1.54, 1.807) is 16.7 Å². The topological polar surface area (TPSA) is 49.4 Å². The second-order valence-corrected chi connectivity index (χ2v) is 11.5. The Morgan fingerprint density at radius 3 is 2.39 bits per heavy atom. The molecule has 0 bridgehead atoms. The second-order valence-electron chi connectivity index (χ2n) is 10.1. The molecule has 0 aliphatic heterocycles. The van der Waals surface area contributed by atoms with Gasteiger partial charge in [-0.1, -0.05) is 97.6 Å². The Bertz CT molecular complexity index is 1200. The van der Waals surface area contributed by atoms with Gasteiger partial charge in [-0.25, -0.2) is 0 Å². The zero-order valence-electron chi connectivity index (χ0n) is 22.1. The Balaban J connectivity index is 1.57. The Morgan fingerprint density at radius 2 is 1.66 bits per heavy atom. The first-order valence-electron chi connectivity index (χ1n) is 13.5. The van der Waals surface area contributed by atoms with Crippen LogP contribution in [0.15, 0.2) is 78.9 Å². The second kappa shape index (κ2) is 14.4. The third kappa shape index (κ3) is 8.37. The van der Waals surface area contributed by atoms with E-state index in [-0.39, 0.29) is 17.9 Å². The number of amides is 2. The summed E-state index contributed by atoms with van der Waals surface area (Å²) in [5, 5.41) is 3.92. The van der Waals surface area contributed by atoms with Gasteiger partial charge in [-0.15, -0.1) is 11.8 Å². The number of hydrogen-bond donors (Lipinski definition) is 1. The number of nitrogens with zero attached hydrogens (tertiary/aromatic N) is 1. The van der Waals surface area contributed by atoms with Crippen LogP contribution >= 0.6 is 23.4 Å². The van der Waals surface area contributed by atoms with Crippen molar-refractivity contribution in [3.63, 3.8) is 0 Å². The van der Waals surface area contributed by atoms with Crippen LogP contribution in [0.2, 0.25) is 5.02 Å². The van der Waals surface area contributed by atoms with Gasteiger partial charge in [-0.3, -0.25) is 9.59 Å². The zero-order valence-corrected chi connectivity index (χ0v) is 23.6. The number of aryl methyl sites for hydroxylation is 1. The molecule has 38 heavy (non-hydrogen) atoms. The Hall–Kier alpha value is -2.76. The highest BCUT2D eigenvalue weighted by Gasteiger charge is 2.31. The summed E-state index contributed by atoms with van der Waals surface area (Å²) >= 11 is 7.88. The summed E-state index contributed by atoms with van der Waals surface area (Å²) in [5.41, 5.74) is 4.39. The standard InChI is InChI=1S/C32H37ClN2O2S/c1-24-11-8-9-15-27(24)22-38-23-31(36)35(21-26-14-10-16-28(33)19-26)30(20-25-12-4-2-5-13-25)32(37)34-29-17-6-3-7-18-29/h2,4-5,8-16,19,29-30H,3,6-7,17-18,20-23H2,1H3,(H,34,37)/t30-/m1/s1. The third-order valence-electron chi connectivity index (χ3n) is 7.21. The van der Waals surface area contributed by atoms with Crippen LogP contribution in [-0.4, -0.2) is 34.6 Å². The molecule has 0 aromatic heterocycles. The van der Waals surface area contributed by atoms with Gasteiger partial charge in [0.05, 0.1) is 5.75 Å². The van der Waals surface area contributed by atoms with Gasteiger partial charge in [-0.05, 0) is 54.2 Å². The Kier molecular flexibility index (Phi) is 10.7. The van der Waals surface area contributed by atoms with Gasteiger partial charge in [0.15, 0.2) is 0 Å². The smallest absolute Gasteiger partial charge is 0.243 e. The maximum Gasteiger partial charge on any atom is 0.243 e. The third-order valence-corrected chi connectivity index (χ3v) is 8.41. The highest BCUT2D eigenvalue weighted by molar-refractivity contribution is 7.99. The van der Waals surface area contributed by atoms with Crippen molar-refractivity contribution in [3.05, 3.63) is 106 Å². The summed E-state index contributed by atoms with van der Waals surface area (Å²) < 4.78 is 0. The quantitative estimate of drug-likeness (QED) is 0.281. The first kappa shape index (κ1) is 28.3. The molecule has 0 radical (unpaired) electrons. The van der Waals surface area contributed by atoms with Crippen molar-refractivity contribution in [1.82, 2.24) is 10.2 Å². The number of nitrogens with one attached hydrogen (secondary N) is 1. The van der Waals surface area contributed by atoms with Crippen LogP contribution in [-0.2, 0) is 28.3 Å². The van der Waals surface area contributed by atoms with E-state index >= 15 is 0 Å². The maximum absolute atomic E-state index is 13.8. The molecular formula is C32H37ClN2O2S. The van der Waals surface area contributed by atoms with Crippen LogP contribution in [0.3, 0.4) is 0 Å². The molecule has 1 fully saturated rings. The number of carbonyl (C=O) groups is 2. The Labute approximate surface area is 236 Å². The molecule has 4 rings (SSSR count). The van der Waals surface area contributed by atoms with E-state index in [9.17, 15) is 9.59 Å². The van der Waals surface area contributed by atoms with Crippen molar-refractivity contribution in [2.24, 2.45) is 0 Å². The van der Waals surface area contributed by atoms with Gasteiger partial charge < -0.3 is 10.2 Å². The van der Waals surface area contributed by atoms with E-state index in [1.807, 2.05) is 66.7 Å². The molecule has 4 nitrogen and oxygen atoms in total. The molecule has 1 atom stereocenters. The lowest BCUT2D eigenvalue weighted by molar-refractivity contribution is -0.139. The fourth-order valence-electron chi connectivity index (χ4n) is 5.03. The van der Waals surface area contributed by atoms with E-state index in [0.717, 1.165) is 42.6 Å². The molecule has 3 aromatic rings. The van der Waals surface area contributed by atoms with Crippen LogP contribution in [0.1, 0.15) is 54.4 Å². The highest BCUT2D eigenvalue weighted by Crippen LogP contribution is 2.22. The van der Waals surface area contributed by atoms with E-state index in [0.29, 0.717) is 23.7 Å². The van der Waals surface area contributed by atoms with Gasteiger partial charge >= 0.3 is 0 Å². The molecule has 2 amide bonds. The van der Waals surface area contributed by atoms with E-state index in [1.165, 1.54) is 17.5 Å². The van der Waals surface area contributed by atoms with Crippen LogP contribution in [0, 0.1) is 6.92 Å². The fourth-order valence-corrected chi connectivity index (χ4v) is 6.23. The van der Waals surface area contributed by atoms with Crippen molar-refractivity contribution >= 4 is 35.2 Å². The lowest BCUT2D eigenvalue weighted by Gasteiger charge is -2.33. The SMILES string of the molecule is Cc1ccccc1CSCC(=O)N(Cc1cccc(Cl)c1)[C@H](Cc1ccccc1)C(=O)NC1CCCCC1. The lowest BCUT2D eigenvalue weighted by atomic mass is 9.94. The minimum Gasteiger partial charge on any atom is -0.352 e. The molecule has 1 N–H and O–H groups in total. The zero-order chi connectivity index (χ0) is 26.7. The average molecular weight is 549 g/mol. The first-order valence-corrected chi connectivity index (χ1v) is 15.0. The van der Waals surface area contributed by atoms with Crippen LogP contribution in [0.4, 0.5) is 0 Å². The average Bonchev–Trinajstić information content (AvgIpc) is 2.93. The molecule has 6 heteroatoms. The Morgan fingerprint density at radius 1 is 0.947 bits per heavy atom. The molecule has 0 spiro atoms. The first-order chi connectivity index (χ1) is 18.5. The van der Waals surface area contributed by atoms with Crippen LogP contribution in [0.25, 0.3) is 0 Å². The molecule has 200 valence electrons. The van der Waals surface area contributed by atoms with Gasteiger partial charge in [0.25, 0.3) is 0 Å². The van der Waals surface area contributed by atoms with Gasteiger partial charge in [0, 0.05) is 29.8 Å². The van der Waals surface area contributed by atoms with Crippen molar-refractivity contribution in [2.45, 2.75) is 69.8 Å². The summed E-state index contributed by atoms with van der Waals surface area (Å²) in [4.78, 5) is 29.4. The summed E-state index contributed by atoms with van der Waals surface area (Å²) in [6.07, 6.45) is 5.95. The van der Waals surface area contributed by atoms with E-state index in [4.69, 9.17) is 11.6 Å². The van der Waals surface area contributed by atoms with Crippen LogP contribution in [0.5, 0.6) is 0 Å². The van der Waals surface area contributed by atoms with Gasteiger partial charge in [0.2, 0.25) is 11.8 Å². The van der Waals surface area contributed by atoms with Gasteiger partial charge in [0.1, 0.15) is 6.04 Å². The summed E-state index contributed by atoms with van der Waals surface area (Å²) in [7, 11) is 0. The van der Waals surface area contributed by atoms with Crippen LogP contribution < -0.4 is 5.32 Å². The molecule has 1 aliphatic rings. The summed E-state index contributed by atoms with van der Waals surface area (Å²) in [5.74, 6) is 0.945. The number of halogens is 1. The largest absolute Gasteiger partial charge is 0.352 e. The fraction of sp³-hybridized carbons (Fsp3) is 0.375. The number of hydrogen-bond acceptors (Lipinski definition) is 3. The minimum absolute atomic E-state index is 0.0386. The maximum atomic E-state index is 13.8. The number of thioether (sulfide) groups is 1. The monoisotopic (exact) mass is 548 g/mol. The molecular weight excluding hydrogens is 512 g/mol. The van der Waals surface area contributed by atoms with Gasteiger partial charge in [-0.2, -0.15) is 0 Å². The molecule has 3 aromatic carbocycles. The number of rotatable bonds is 11. The molecule has 0 heterocycles. The predicted octanol–water partition coefficient (Wildman–Crippen LogP) is 6.97. The predicted molar refractivity (Wildman–Crippen MR) is 158 cm³/mol. The van der Waals surface area contributed by atoms with Crippen molar-refractivity contribution in [3.8, 4) is 0 Å². The number of benzene rings is 3. The van der Waals surface area contributed by atoms with Crippen molar-refractivity contribution in [2.75, 3.05) is 5.75 Å². The summed E-state index contributed by atoms with van der Waals surface area (Å²) in [6.45, 7) is 2.43. The summed E-state index contributed by atoms with van der Waals surface area (Å²) in [6, 6.07) is 25.4. The van der Waals surface area contributed by atoms with Crippen molar-refractivity contribution < 1.29 is 9.59 Å².